The first-order valence-corrected chi connectivity index (χ1v) is 14.7. The summed E-state index contributed by atoms with van der Waals surface area (Å²) in [4.78, 5) is 48.4. The predicted octanol–water partition coefficient (Wildman–Crippen LogP) is 3.87. The maximum atomic E-state index is 13.9. The van der Waals surface area contributed by atoms with Crippen molar-refractivity contribution in [3.8, 4) is 11.4 Å². The van der Waals surface area contributed by atoms with Crippen molar-refractivity contribution in [1.29, 1.82) is 0 Å². The van der Waals surface area contributed by atoms with Crippen LogP contribution in [0.3, 0.4) is 0 Å². The number of piperazine rings is 1. The van der Waals surface area contributed by atoms with Crippen molar-refractivity contribution >= 4 is 28.5 Å². The summed E-state index contributed by atoms with van der Waals surface area (Å²) in [7, 11) is 0. The van der Waals surface area contributed by atoms with Gasteiger partial charge in [0, 0.05) is 48.4 Å². The number of hydrogen-bond acceptors (Lipinski definition) is 8. The van der Waals surface area contributed by atoms with Gasteiger partial charge in [0.25, 0.3) is 5.56 Å². The van der Waals surface area contributed by atoms with E-state index in [-0.39, 0.29) is 30.8 Å². The number of aliphatic carboxylic acids is 1. The first kappa shape index (κ1) is 28.2. The number of anilines is 1. The summed E-state index contributed by atoms with van der Waals surface area (Å²) in [6, 6.07) is 17.8. The number of pyridine rings is 2. The number of ether oxygens (including phenoxy) is 2. The fraction of sp³-hybridized carbons (Fsp3) is 0.333. The Morgan fingerprint density at radius 2 is 1.84 bits per heavy atom. The van der Waals surface area contributed by atoms with E-state index < -0.39 is 23.8 Å². The zero-order valence-corrected chi connectivity index (χ0v) is 24.2. The topological polar surface area (TPSA) is 114 Å². The second-order valence-electron chi connectivity index (χ2n) is 11.4. The van der Waals surface area contributed by atoms with Crippen molar-refractivity contribution in [3.05, 3.63) is 93.5 Å². The molecule has 3 aliphatic rings. The third-order valence-corrected chi connectivity index (χ3v) is 8.98. The summed E-state index contributed by atoms with van der Waals surface area (Å²) >= 11 is 0. The van der Waals surface area contributed by atoms with Crippen LogP contribution in [0.1, 0.15) is 36.5 Å². The highest BCUT2D eigenvalue weighted by molar-refractivity contribution is 5.86. The molecule has 11 heteroatoms. The monoisotopic (exact) mass is 598 g/mol. The molecule has 7 rings (SSSR count). The number of halogens is 1. The summed E-state index contributed by atoms with van der Waals surface area (Å²) in [6.07, 6.45) is -1.21. The number of para-hydroxylation sites is 1. The van der Waals surface area contributed by atoms with Crippen molar-refractivity contribution in [2.75, 3.05) is 31.1 Å². The molecule has 0 spiro atoms. The molecule has 44 heavy (non-hydrogen) atoms. The van der Waals surface area contributed by atoms with E-state index in [9.17, 15) is 23.9 Å². The second-order valence-corrected chi connectivity index (χ2v) is 11.4. The van der Waals surface area contributed by atoms with Gasteiger partial charge >= 0.3 is 11.9 Å². The molecule has 10 nitrogen and oxygen atoms in total. The van der Waals surface area contributed by atoms with Crippen LogP contribution >= 0.6 is 0 Å². The highest BCUT2D eigenvalue weighted by Crippen LogP contribution is 2.42. The molecule has 1 fully saturated rings. The quantitative estimate of drug-likeness (QED) is 0.279. The molecule has 4 aromatic rings. The van der Waals surface area contributed by atoms with Crippen LogP contribution in [0.4, 0.5) is 10.1 Å². The molecule has 226 valence electrons. The number of nitrogens with zero attached hydrogens (tertiary/aromatic N) is 4. The Kier molecular flexibility index (Phi) is 6.94. The lowest BCUT2D eigenvalue weighted by molar-refractivity contribution is -0.210. The number of hydrogen-bond donors (Lipinski definition) is 1. The number of carboxylic acids is 1. The van der Waals surface area contributed by atoms with Crippen LogP contribution in [0.15, 0.2) is 65.5 Å². The Hall–Kier alpha value is -4.61. The van der Waals surface area contributed by atoms with Crippen LogP contribution in [0.25, 0.3) is 22.3 Å². The van der Waals surface area contributed by atoms with Crippen molar-refractivity contribution < 1.29 is 28.6 Å². The van der Waals surface area contributed by atoms with Gasteiger partial charge in [-0.25, -0.2) is 14.2 Å². The molecule has 0 amide bonds. The van der Waals surface area contributed by atoms with Gasteiger partial charge in [-0.1, -0.05) is 25.1 Å². The predicted molar refractivity (Wildman–Crippen MR) is 160 cm³/mol. The maximum Gasteiger partial charge on any atom is 0.343 e. The average Bonchev–Trinajstić information content (AvgIpc) is 3.39. The van der Waals surface area contributed by atoms with Crippen molar-refractivity contribution in [2.45, 2.75) is 44.7 Å². The normalized spacial score (nSPS) is 20.1. The first-order chi connectivity index (χ1) is 21.3. The van der Waals surface area contributed by atoms with Gasteiger partial charge in [-0.2, -0.15) is 0 Å². The lowest BCUT2D eigenvalue weighted by Gasteiger charge is -2.44. The molecule has 1 saturated heterocycles. The van der Waals surface area contributed by atoms with Gasteiger partial charge < -0.3 is 24.0 Å². The molecule has 2 atom stereocenters. The molecule has 0 aliphatic carbocycles. The summed E-state index contributed by atoms with van der Waals surface area (Å²) in [5, 5.41) is 10.8. The van der Waals surface area contributed by atoms with Crippen LogP contribution < -0.4 is 10.5 Å². The summed E-state index contributed by atoms with van der Waals surface area (Å²) in [6.45, 7) is 3.94. The molecule has 0 bridgehead atoms. The maximum absolute atomic E-state index is 13.9. The smallest absolute Gasteiger partial charge is 0.343 e. The van der Waals surface area contributed by atoms with Crippen LogP contribution in [0.2, 0.25) is 0 Å². The highest BCUT2D eigenvalue weighted by atomic mass is 19.1. The van der Waals surface area contributed by atoms with Gasteiger partial charge in [0.1, 0.15) is 18.7 Å². The summed E-state index contributed by atoms with van der Waals surface area (Å²) < 4.78 is 27.2. The van der Waals surface area contributed by atoms with Crippen LogP contribution in [0, 0.1) is 5.82 Å². The van der Waals surface area contributed by atoms with E-state index in [2.05, 4.69) is 4.90 Å². The zero-order valence-electron chi connectivity index (χ0n) is 24.2. The molecule has 2 aromatic carbocycles. The Balaban J connectivity index is 1.25. The zero-order chi connectivity index (χ0) is 30.6. The number of fused-ring (bicyclic) bond motifs is 5. The molecule has 0 radical (unpaired) electrons. The molecule has 1 N–H and O–H groups in total. The Labute approximate surface area is 252 Å². The van der Waals surface area contributed by atoms with E-state index in [1.54, 1.807) is 29.7 Å². The third-order valence-electron chi connectivity index (χ3n) is 8.98. The SMILES string of the molecule is CC[C@@]1(OC(CC(=O)O)N2CCN(c3ccc(F)cc3)CC2)C(=O)OCc2c1cc1n(c2=O)Cc2cc3ccccc3nc2-1. The number of benzene rings is 2. The number of carbonyl (C=O) groups is 2. The van der Waals surface area contributed by atoms with Crippen LogP contribution in [-0.4, -0.2) is 63.9 Å². The van der Waals surface area contributed by atoms with Gasteiger partial charge in [-0.15, -0.1) is 0 Å². The number of carboxylic acid groups (broad SMARTS) is 1. The van der Waals surface area contributed by atoms with E-state index in [0.717, 1.165) is 22.2 Å². The lowest BCUT2D eigenvalue weighted by Crippen LogP contribution is -2.56. The molecule has 1 unspecified atom stereocenters. The molecule has 3 aliphatic heterocycles. The average molecular weight is 599 g/mol. The fourth-order valence-corrected chi connectivity index (χ4v) is 6.66. The van der Waals surface area contributed by atoms with E-state index in [1.807, 2.05) is 35.2 Å². The van der Waals surface area contributed by atoms with E-state index >= 15 is 0 Å². The number of rotatable bonds is 7. The van der Waals surface area contributed by atoms with E-state index in [0.29, 0.717) is 55.2 Å². The van der Waals surface area contributed by atoms with Crippen LogP contribution in [0.5, 0.6) is 0 Å². The molecule has 2 aromatic heterocycles. The van der Waals surface area contributed by atoms with Gasteiger partial charge in [-0.3, -0.25) is 14.5 Å². The van der Waals surface area contributed by atoms with Crippen LogP contribution in [-0.2, 0) is 37.8 Å². The minimum absolute atomic E-state index is 0.130. The van der Waals surface area contributed by atoms with Gasteiger partial charge in [0.2, 0.25) is 0 Å². The van der Waals surface area contributed by atoms with E-state index in [4.69, 9.17) is 14.5 Å². The van der Waals surface area contributed by atoms with Crippen molar-refractivity contribution in [3.63, 3.8) is 0 Å². The van der Waals surface area contributed by atoms with Crippen molar-refractivity contribution in [2.24, 2.45) is 0 Å². The fourth-order valence-electron chi connectivity index (χ4n) is 6.66. The largest absolute Gasteiger partial charge is 0.481 e. The minimum atomic E-state index is -1.68. The van der Waals surface area contributed by atoms with Gasteiger partial charge in [0.15, 0.2) is 5.60 Å². The first-order valence-electron chi connectivity index (χ1n) is 14.7. The van der Waals surface area contributed by atoms with Gasteiger partial charge in [-0.05, 0) is 48.9 Å². The number of esters is 1. The number of aromatic nitrogens is 2. The molecule has 5 heterocycles. The molecular weight excluding hydrogens is 567 g/mol. The third kappa shape index (κ3) is 4.63. The summed E-state index contributed by atoms with van der Waals surface area (Å²) in [5.41, 5.74) is 2.59. The lowest BCUT2D eigenvalue weighted by atomic mass is 9.85. The Morgan fingerprint density at radius 3 is 2.57 bits per heavy atom. The second kappa shape index (κ2) is 10.8. The highest BCUT2D eigenvalue weighted by Gasteiger charge is 2.50. The Morgan fingerprint density at radius 1 is 1.09 bits per heavy atom. The van der Waals surface area contributed by atoms with Crippen molar-refractivity contribution in [1.82, 2.24) is 14.5 Å². The van der Waals surface area contributed by atoms with Gasteiger partial charge in [0.05, 0.1) is 35.4 Å². The minimum Gasteiger partial charge on any atom is -0.481 e. The number of carbonyl (C=O) groups excluding carboxylic acids is 1. The van der Waals surface area contributed by atoms with E-state index in [1.165, 1.54) is 12.1 Å². The Bertz CT molecular complexity index is 1850. The number of cyclic esters (lactones) is 1. The standard InChI is InChI=1S/C33H31FN4O6/c1-2-33(44-28(17-29(39)40)37-13-11-36(12-14-37)23-9-7-22(34)8-10-23)25-16-27-30-21(15-20-5-3-4-6-26(20)35-30)18-38(27)31(41)24(25)19-43-32(33)42/h3-10,15-16,28H,2,11-14,17-19H2,1H3,(H,39,40)/t28?,33-/m0/s1. The summed E-state index contributed by atoms with van der Waals surface area (Å²) in [5.74, 6) is -2.04. The molecular formula is C33H31FN4O6. The molecule has 0 saturated carbocycles.